The maximum absolute atomic E-state index is 12.6. The summed E-state index contributed by atoms with van der Waals surface area (Å²) in [6.45, 7) is 17.8. The lowest BCUT2D eigenvalue weighted by Crippen LogP contribution is -2.46. The van der Waals surface area contributed by atoms with E-state index >= 15 is 0 Å². The molecule has 22 aliphatic carbocycles. The van der Waals surface area contributed by atoms with Gasteiger partial charge in [-0.25, -0.2) is 0 Å². The predicted molar refractivity (Wildman–Crippen MR) is 578 cm³/mol. The van der Waals surface area contributed by atoms with Crippen LogP contribution >= 0.6 is 0 Å². The van der Waals surface area contributed by atoms with Crippen LogP contribution in [0.5, 0.6) is 0 Å². The molecule has 0 aromatic carbocycles. The van der Waals surface area contributed by atoms with E-state index in [0.717, 1.165) is 309 Å². The van der Waals surface area contributed by atoms with Crippen LogP contribution in [0.15, 0.2) is 85.1 Å². The number of allylic oxidation sites excluding steroid dienone is 14. The maximum atomic E-state index is 12.6. The fourth-order valence-electron chi connectivity index (χ4n) is 33.4. The molecule has 149 heavy (non-hydrogen) atoms. The van der Waals surface area contributed by atoms with Crippen molar-refractivity contribution in [2.75, 3.05) is 46.2 Å². The van der Waals surface area contributed by atoms with Crippen LogP contribution in [-0.4, -0.2) is 163 Å². The molecule has 0 aromatic rings. The Bertz CT molecular complexity index is 4510. The molecule has 0 aliphatic heterocycles. The van der Waals surface area contributed by atoms with Gasteiger partial charge in [-0.05, 0) is 459 Å². The Morgan fingerprint density at radius 3 is 0.960 bits per heavy atom. The van der Waals surface area contributed by atoms with Crippen LogP contribution in [0.1, 0.15) is 402 Å². The molecule has 836 valence electrons. The lowest BCUT2D eigenvalue weighted by atomic mass is 9.64. The number of carbonyl (C=O) groups is 7. The third-order valence-corrected chi connectivity index (χ3v) is 42.3. The summed E-state index contributed by atoms with van der Waals surface area (Å²) < 4.78 is 37.9. The third-order valence-electron chi connectivity index (χ3n) is 42.3. The second-order valence-corrected chi connectivity index (χ2v) is 53.6. The van der Waals surface area contributed by atoms with Gasteiger partial charge >= 0.3 is 41.8 Å². The molecule has 21 nitrogen and oxygen atoms in total. The number of esters is 7. The highest BCUT2D eigenvalue weighted by Gasteiger charge is 2.64. The zero-order valence-corrected chi connectivity index (χ0v) is 93.0. The van der Waals surface area contributed by atoms with Crippen LogP contribution in [0, 0.1) is 183 Å². The van der Waals surface area contributed by atoms with Gasteiger partial charge in [0.1, 0.15) is 6.61 Å². The summed E-state index contributed by atoms with van der Waals surface area (Å²) in [5.41, 5.74) is -4.11. The summed E-state index contributed by atoms with van der Waals surface area (Å²) in [6, 6.07) is 0. The van der Waals surface area contributed by atoms with Crippen LogP contribution in [-0.2, 0) is 66.7 Å². The quantitative estimate of drug-likeness (QED) is 0.00980. The molecule has 0 radical (unpaired) electrons. The Labute approximate surface area is 895 Å². The van der Waals surface area contributed by atoms with Crippen molar-refractivity contribution in [3.63, 3.8) is 0 Å². The molecule has 15 saturated carbocycles. The highest BCUT2D eigenvalue weighted by Crippen LogP contribution is 2.69. The van der Waals surface area contributed by atoms with E-state index in [2.05, 4.69) is 85.1 Å². The minimum Gasteiger partial charge on any atom is -0.466 e. The number of carbonyl (C=O) groups excluding carboxylic acids is 7. The fraction of sp³-hybridized carbons (Fsp3) is 0.836. The van der Waals surface area contributed by atoms with Crippen molar-refractivity contribution in [2.24, 2.45) is 183 Å². The second kappa shape index (κ2) is 52.6. The van der Waals surface area contributed by atoms with Gasteiger partial charge in [0.15, 0.2) is 0 Å². The monoisotopic (exact) mass is 2070 g/mol. The Balaban J connectivity index is 0.000000125. The molecule has 15 fully saturated rings. The summed E-state index contributed by atoms with van der Waals surface area (Å²) in [4.78, 5) is 84.6. The summed E-state index contributed by atoms with van der Waals surface area (Å²) in [6.07, 6.45) is 87.5. The molecule has 0 aromatic heterocycles. The largest absolute Gasteiger partial charge is 0.466 e. The maximum Gasteiger partial charge on any atom is 0.309 e. The molecule has 32 unspecified atom stereocenters. The number of ether oxygens (including phenoxy) is 7. The van der Waals surface area contributed by atoms with E-state index in [0.29, 0.717) is 129 Å². The predicted octanol–water partition coefficient (Wildman–Crippen LogP) is 24.3. The van der Waals surface area contributed by atoms with E-state index in [-0.39, 0.29) is 83.9 Å². The Morgan fingerprint density at radius 2 is 0.604 bits per heavy atom. The average molecular weight is 2070 g/mol. The average Bonchev–Trinajstić information content (AvgIpc) is 1.55. The zero-order valence-electron chi connectivity index (χ0n) is 93.0. The molecule has 0 spiro atoms. The van der Waals surface area contributed by atoms with Gasteiger partial charge in [0.05, 0.1) is 114 Å². The van der Waals surface area contributed by atoms with E-state index in [1.54, 1.807) is 13.8 Å². The number of hydrogen-bond donors (Lipinski definition) is 7. The SMILES string of the molecule is CC(C)(O)COC(=O)C1CC2C=CC1C2.CCC(C)(O)CCCCOC(=O)C1CC2C=CC1C2.CCC(C)(O)CCCCOC(=O)CCC1CC2CC1C1C3C=CC(C3)C21.CCC(C)(O)CCCOC(=O)C1CC2C=CC1C2.O=C(OCCCC1(O)CCCC1)C1CC2C=CC1C2.O=C(OCCCC1(O)CCCC1)C1CC2CC1C1C3C=CC(C3)C21.O=C(OCCCCC(O)(C1CCCCC1)C1CCCCC1)C1CC2C=CC1C2. The van der Waals surface area contributed by atoms with Crippen molar-refractivity contribution in [2.45, 2.75) is 441 Å². The Kier molecular flexibility index (Phi) is 40.8. The molecular formula is C128H198O21. The number of rotatable bonds is 43. The topological polar surface area (TPSA) is 326 Å². The zero-order chi connectivity index (χ0) is 105. The van der Waals surface area contributed by atoms with Crippen LogP contribution < -0.4 is 0 Å². The first-order valence-corrected chi connectivity index (χ1v) is 61.4. The summed E-state index contributed by atoms with van der Waals surface area (Å²) >= 11 is 0. The van der Waals surface area contributed by atoms with Crippen LogP contribution in [0.3, 0.4) is 0 Å². The first kappa shape index (κ1) is 116. The molecule has 32 atom stereocenters. The highest BCUT2D eigenvalue weighted by molar-refractivity contribution is 5.77. The first-order valence-electron chi connectivity index (χ1n) is 61.4. The van der Waals surface area contributed by atoms with Crippen LogP contribution in [0.25, 0.3) is 0 Å². The Hall–Kier alpha value is -5.81. The molecule has 7 N–H and O–H groups in total. The van der Waals surface area contributed by atoms with Gasteiger partial charge in [-0.3, -0.25) is 33.6 Å². The van der Waals surface area contributed by atoms with Gasteiger partial charge in [0, 0.05) is 6.42 Å². The number of unbranched alkanes of at least 4 members (excludes halogenated alkanes) is 3. The molecule has 0 saturated heterocycles. The van der Waals surface area contributed by atoms with E-state index in [4.69, 9.17) is 33.2 Å². The van der Waals surface area contributed by atoms with Crippen LogP contribution in [0.4, 0.5) is 0 Å². The van der Waals surface area contributed by atoms with Gasteiger partial charge in [-0.15, -0.1) is 0 Å². The minimum atomic E-state index is -0.927. The standard InChI is InChI=1S/C25H40O3.C23H36O3.C21H30O3.C16H24O3.C16H26O3.C15H24O3.C12H18O3/c26-24(23-18-19-13-14-20(23)17-19)28-16-8-7-15-25(27,21-9-3-1-4-10-21)22-11-5-2-6-12-22;1-3-23(2,25)10-4-5-11-26-20(24)9-8-15-12-18-14-19(15)22-17-7-6-16(13-17)21(18)22;22-20(24-9-3-8-21(23)6-1-2-7-21)17-12-15-11-16(17)19-14-5-4-13(10-14)18(15)19;17-15(14-11-12-4-5-13(14)10-12)19-9-3-8-16(18)6-1-2-7-16;1-3-16(2,18)8-4-5-9-19-15(17)14-11-12-6-7-13(14)10-12;1-3-15(2,17)7-4-8-18-14(16)13-10-11-5-6-12(13)9-11;1-12(2,14)7-15-11(13)10-6-8-3-4-9(10)5-8/h13-14,19-23,27H,1-12,15-18H2;6-7,15-19,21-22,25H,3-5,8-14H2,1-2H3;4-5,13-19,23H,1-3,6-12H2;4-5,12-14,18H,1-3,6-11H2;6-7,12-14,18H,3-5,8-11H2,1-2H3;5-6,11-13,17H,3-4,7-10H2,1-2H3;3-4,8-10,14H,5-7H2,1-2H3. The van der Waals surface area contributed by atoms with E-state index < -0.39 is 39.2 Å². The first-order chi connectivity index (χ1) is 71.4. The van der Waals surface area contributed by atoms with Crippen molar-refractivity contribution in [3.8, 4) is 0 Å². The second-order valence-electron chi connectivity index (χ2n) is 53.6. The molecule has 18 bridgehead atoms. The van der Waals surface area contributed by atoms with Crippen molar-refractivity contribution in [1.82, 2.24) is 0 Å². The lowest BCUT2D eigenvalue weighted by Gasteiger charge is -2.46. The Morgan fingerprint density at radius 1 is 0.295 bits per heavy atom. The van der Waals surface area contributed by atoms with Gasteiger partial charge in [0.2, 0.25) is 0 Å². The van der Waals surface area contributed by atoms with Crippen molar-refractivity contribution < 1.29 is 102 Å². The summed E-state index contributed by atoms with van der Waals surface area (Å²) in [7, 11) is 0. The van der Waals surface area contributed by atoms with E-state index in [9.17, 15) is 69.3 Å². The highest BCUT2D eigenvalue weighted by atomic mass is 16.6. The number of aliphatic hydroxyl groups is 7. The number of hydrogen-bond acceptors (Lipinski definition) is 21. The van der Waals surface area contributed by atoms with E-state index in [1.807, 2.05) is 41.5 Å². The smallest absolute Gasteiger partial charge is 0.309 e. The molecule has 22 aliphatic rings. The summed E-state index contributed by atoms with van der Waals surface area (Å²) in [5.74, 6) is 17.4. The normalized spacial score (nSPS) is 36.4. The van der Waals surface area contributed by atoms with Gasteiger partial charge in [0.25, 0.3) is 0 Å². The molecule has 0 heterocycles. The van der Waals surface area contributed by atoms with Crippen LogP contribution in [0.2, 0.25) is 0 Å². The summed E-state index contributed by atoms with van der Waals surface area (Å²) in [5, 5.41) is 71.5. The molecule has 0 amide bonds. The van der Waals surface area contributed by atoms with Gasteiger partial charge in [-0.1, -0.05) is 170 Å². The van der Waals surface area contributed by atoms with Crippen molar-refractivity contribution in [3.05, 3.63) is 85.1 Å². The number of fused-ring (bicyclic) bond motifs is 28. The minimum absolute atomic E-state index is 0.0144. The third kappa shape index (κ3) is 30.6. The molecule has 22 rings (SSSR count). The van der Waals surface area contributed by atoms with Gasteiger partial charge in [-0.2, -0.15) is 0 Å². The lowest BCUT2D eigenvalue weighted by molar-refractivity contribution is -0.155. The fourth-order valence-corrected chi connectivity index (χ4v) is 33.4. The molecular weight excluding hydrogens is 1870 g/mol. The van der Waals surface area contributed by atoms with Gasteiger partial charge < -0.3 is 68.9 Å². The van der Waals surface area contributed by atoms with E-state index in [1.165, 1.54) is 96.3 Å². The van der Waals surface area contributed by atoms with Crippen molar-refractivity contribution >= 4 is 41.8 Å². The molecule has 21 heteroatoms. The van der Waals surface area contributed by atoms with Crippen molar-refractivity contribution in [1.29, 1.82) is 0 Å².